The van der Waals surface area contributed by atoms with Crippen molar-refractivity contribution in [1.29, 1.82) is 0 Å². The van der Waals surface area contributed by atoms with Gasteiger partial charge in [0.15, 0.2) is 0 Å². The Morgan fingerprint density at radius 3 is 2.41 bits per heavy atom. The number of nitrogens with one attached hydrogen (secondary N) is 1. The molecule has 1 fully saturated rings. The maximum atomic E-state index is 13.3. The van der Waals surface area contributed by atoms with Crippen LogP contribution in [-0.4, -0.2) is 34.0 Å². The summed E-state index contributed by atoms with van der Waals surface area (Å²) < 4.78 is 4.53. The van der Waals surface area contributed by atoms with Crippen molar-refractivity contribution in [3.05, 3.63) is 113 Å². The zero-order valence-electron chi connectivity index (χ0n) is 21.6. The standard InChI is InChI=1S/C32H29N3O2S2/c1-22-7-2-3-8-25(22)26-9-4-5-10-27(26)32(37)17-19-35(20-18-32)31(36)23-13-15-24(16-14-23)34-39-29-12-6-11-28-30(29)33-21-38-28/h2-16,21,34,37H,17-20H2,1H3. The Kier molecular flexibility index (Phi) is 7.12. The molecule has 5 aromatic rings. The topological polar surface area (TPSA) is 65.5 Å². The van der Waals surface area contributed by atoms with Crippen LogP contribution in [0.3, 0.4) is 0 Å². The van der Waals surface area contributed by atoms with Gasteiger partial charge >= 0.3 is 0 Å². The van der Waals surface area contributed by atoms with Crippen LogP contribution in [0.25, 0.3) is 21.3 Å². The predicted octanol–water partition coefficient (Wildman–Crippen LogP) is 7.51. The quantitative estimate of drug-likeness (QED) is 0.214. The van der Waals surface area contributed by atoms with Crippen LogP contribution in [0, 0.1) is 6.92 Å². The van der Waals surface area contributed by atoms with Crippen molar-refractivity contribution in [3.8, 4) is 11.1 Å². The van der Waals surface area contributed by atoms with Gasteiger partial charge in [-0.3, -0.25) is 4.79 Å². The summed E-state index contributed by atoms with van der Waals surface area (Å²) in [6, 6.07) is 30.1. The third kappa shape index (κ3) is 5.17. The molecule has 0 unspecified atom stereocenters. The first kappa shape index (κ1) is 25.6. The van der Waals surface area contributed by atoms with Crippen LogP contribution < -0.4 is 4.72 Å². The van der Waals surface area contributed by atoms with Crippen molar-refractivity contribution in [2.75, 3.05) is 17.8 Å². The number of likely N-dealkylation sites (tertiary alicyclic amines) is 1. The molecule has 4 aromatic carbocycles. The number of piperidine rings is 1. The minimum atomic E-state index is -0.971. The summed E-state index contributed by atoms with van der Waals surface area (Å²) >= 11 is 3.15. The van der Waals surface area contributed by atoms with Gasteiger partial charge in [-0.15, -0.1) is 11.3 Å². The van der Waals surface area contributed by atoms with Gasteiger partial charge in [0, 0.05) is 24.3 Å². The van der Waals surface area contributed by atoms with Crippen molar-refractivity contribution in [2.45, 2.75) is 30.3 Å². The number of fused-ring (bicyclic) bond motifs is 1. The molecule has 1 aromatic heterocycles. The number of hydrogen-bond acceptors (Lipinski definition) is 6. The highest BCUT2D eigenvalue weighted by Crippen LogP contribution is 2.40. The molecule has 0 spiro atoms. The number of thiazole rings is 1. The van der Waals surface area contributed by atoms with Crippen LogP contribution >= 0.6 is 23.3 Å². The number of carbonyl (C=O) groups is 1. The molecule has 1 saturated heterocycles. The summed E-state index contributed by atoms with van der Waals surface area (Å²) in [4.78, 5) is 20.7. The van der Waals surface area contributed by atoms with Crippen LogP contribution in [0.5, 0.6) is 0 Å². The number of nitrogens with zero attached hydrogens (tertiary/aromatic N) is 2. The molecule has 2 N–H and O–H groups in total. The number of amides is 1. The average Bonchev–Trinajstić information content (AvgIpc) is 3.47. The first-order chi connectivity index (χ1) is 19.0. The Hall–Kier alpha value is -3.65. The van der Waals surface area contributed by atoms with E-state index in [2.05, 4.69) is 47.0 Å². The number of carbonyl (C=O) groups excluding carboxylic acids is 1. The molecule has 1 aliphatic rings. The lowest BCUT2D eigenvalue weighted by Crippen LogP contribution is -2.45. The van der Waals surface area contributed by atoms with Gasteiger partial charge in [-0.25, -0.2) is 4.98 Å². The van der Waals surface area contributed by atoms with Crippen molar-refractivity contribution in [2.24, 2.45) is 0 Å². The second kappa shape index (κ2) is 10.8. The van der Waals surface area contributed by atoms with Crippen molar-refractivity contribution >= 4 is 45.1 Å². The van der Waals surface area contributed by atoms with E-state index in [0.29, 0.717) is 31.5 Å². The van der Waals surface area contributed by atoms with Gasteiger partial charge in [0.2, 0.25) is 0 Å². The highest BCUT2D eigenvalue weighted by molar-refractivity contribution is 8.00. The Bertz CT molecular complexity index is 1620. The summed E-state index contributed by atoms with van der Waals surface area (Å²) in [5.41, 5.74) is 7.77. The fourth-order valence-corrected chi connectivity index (χ4v) is 6.81. The molecule has 0 saturated carbocycles. The van der Waals surface area contributed by atoms with Crippen LogP contribution in [0.2, 0.25) is 0 Å². The van der Waals surface area contributed by atoms with Gasteiger partial charge < -0.3 is 14.7 Å². The first-order valence-corrected chi connectivity index (χ1v) is 14.7. The fourth-order valence-electron chi connectivity index (χ4n) is 5.27. The van der Waals surface area contributed by atoms with Crippen LogP contribution in [-0.2, 0) is 5.60 Å². The maximum Gasteiger partial charge on any atom is 0.253 e. The Balaban J connectivity index is 1.11. The Labute approximate surface area is 236 Å². The molecule has 6 rings (SSSR count). The zero-order valence-corrected chi connectivity index (χ0v) is 23.3. The molecule has 1 aliphatic heterocycles. The van der Waals surface area contributed by atoms with E-state index >= 15 is 0 Å². The van der Waals surface area contributed by atoms with E-state index < -0.39 is 5.60 Å². The largest absolute Gasteiger partial charge is 0.385 e. The van der Waals surface area contributed by atoms with E-state index in [-0.39, 0.29) is 5.91 Å². The van der Waals surface area contributed by atoms with Crippen LogP contribution in [0.1, 0.15) is 34.3 Å². The maximum absolute atomic E-state index is 13.3. The molecule has 0 aliphatic carbocycles. The van der Waals surface area contributed by atoms with E-state index in [0.717, 1.165) is 37.5 Å². The monoisotopic (exact) mass is 551 g/mol. The number of para-hydroxylation sites is 1. The highest BCUT2D eigenvalue weighted by atomic mass is 32.2. The van der Waals surface area contributed by atoms with Gasteiger partial charge in [0.1, 0.15) is 0 Å². The SMILES string of the molecule is Cc1ccccc1-c1ccccc1C1(O)CCN(C(=O)c2ccc(NSc3cccc4scnc34)cc2)CC1. The first-order valence-electron chi connectivity index (χ1n) is 13.0. The van der Waals surface area contributed by atoms with Crippen molar-refractivity contribution in [3.63, 3.8) is 0 Å². The molecule has 5 nitrogen and oxygen atoms in total. The van der Waals surface area contributed by atoms with Gasteiger partial charge in [-0.1, -0.05) is 54.6 Å². The lowest BCUT2D eigenvalue weighted by atomic mass is 9.80. The Morgan fingerprint density at radius 2 is 1.64 bits per heavy atom. The van der Waals surface area contributed by atoms with E-state index in [1.807, 2.05) is 71.1 Å². The summed E-state index contributed by atoms with van der Waals surface area (Å²) in [6.07, 6.45) is 1.00. The lowest BCUT2D eigenvalue weighted by molar-refractivity contribution is -0.0207. The summed E-state index contributed by atoms with van der Waals surface area (Å²) in [5.74, 6) is -0.00400. The molecular weight excluding hydrogens is 523 g/mol. The minimum absolute atomic E-state index is 0.00400. The van der Waals surface area contributed by atoms with E-state index in [1.54, 1.807) is 11.3 Å². The van der Waals surface area contributed by atoms with Gasteiger partial charge in [0.25, 0.3) is 5.91 Å². The number of aromatic nitrogens is 1. The van der Waals surface area contributed by atoms with Gasteiger partial charge in [-0.2, -0.15) is 0 Å². The molecule has 0 atom stereocenters. The number of hydrogen-bond donors (Lipinski definition) is 2. The van der Waals surface area contributed by atoms with Crippen molar-refractivity contribution < 1.29 is 9.90 Å². The van der Waals surface area contributed by atoms with E-state index in [4.69, 9.17) is 0 Å². The second-order valence-corrected chi connectivity index (χ2v) is 11.7. The molecule has 7 heteroatoms. The fraction of sp³-hybridized carbons (Fsp3) is 0.188. The molecule has 2 heterocycles. The number of aryl methyl sites for hydroxylation is 1. The highest BCUT2D eigenvalue weighted by Gasteiger charge is 2.37. The average molecular weight is 552 g/mol. The molecule has 1 amide bonds. The molecule has 196 valence electrons. The zero-order chi connectivity index (χ0) is 26.8. The molecule has 0 bridgehead atoms. The second-order valence-electron chi connectivity index (χ2n) is 9.92. The third-order valence-corrected chi connectivity index (χ3v) is 9.16. The Morgan fingerprint density at radius 1 is 0.923 bits per heavy atom. The normalized spacial score (nSPS) is 14.9. The molecule has 0 radical (unpaired) electrons. The van der Waals surface area contributed by atoms with Crippen molar-refractivity contribution in [1.82, 2.24) is 9.88 Å². The van der Waals surface area contributed by atoms with E-state index in [9.17, 15) is 9.90 Å². The number of benzene rings is 4. The van der Waals surface area contributed by atoms with Crippen LogP contribution in [0.4, 0.5) is 5.69 Å². The van der Waals surface area contributed by atoms with E-state index in [1.165, 1.54) is 17.5 Å². The predicted molar refractivity (Wildman–Crippen MR) is 161 cm³/mol. The summed E-state index contributed by atoms with van der Waals surface area (Å²) in [5, 5.41) is 11.7. The number of aliphatic hydroxyl groups is 1. The lowest BCUT2D eigenvalue weighted by Gasteiger charge is -2.39. The van der Waals surface area contributed by atoms with Crippen LogP contribution in [0.15, 0.2) is 101 Å². The number of rotatable bonds is 6. The summed E-state index contributed by atoms with van der Waals surface area (Å²) in [6.45, 7) is 3.11. The third-order valence-electron chi connectivity index (χ3n) is 7.48. The smallest absolute Gasteiger partial charge is 0.253 e. The van der Waals surface area contributed by atoms with Gasteiger partial charge in [0.05, 0.1) is 26.2 Å². The molecule has 39 heavy (non-hydrogen) atoms. The molecular formula is C32H29N3O2S2. The van der Waals surface area contributed by atoms with Gasteiger partial charge in [-0.05, 0) is 90.4 Å². The minimum Gasteiger partial charge on any atom is -0.385 e. The summed E-state index contributed by atoms with van der Waals surface area (Å²) in [7, 11) is 0. The number of anilines is 1.